The number of thiazole rings is 1. The molecule has 0 aliphatic heterocycles. The van der Waals surface area contributed by atoms with Gasteiger partial charge in [0.05, 0.1) is 15.1 Å². The monoisotopic (exact) mass is 381 g/mol. The molecule has 0 bridgehead atoms. The summed E-state index contributed by atoms with van der Waals surface area (Å²) in [5, 5.41) is 3.25. The standard InChI is InChI=1S/C17H23N3O3S2/c1-11(2)16(21)19-17-18-14-9-8-13(10-15(14)24-17)25(22,23)20-12-6-4-3-5-7-12/h8-12,20H,3-7H2,1-2H3,(H,18,19,21). The number of rotatable bonds is 5. The second-order valence-electron chi connectivity index (χ2n) is 6.75. The van der Waals surface area contributed by atoms with E-state index in [9.17, 15) is 13.2 Å². The first-order chi connectivity index (χ1) is 11.8. The Balaban J connectivity index is 1.81. The summed E-state index contributed by atoms with van der Waals surface area (Å²) in [4.78, 5) is 16.4. The third-order valence-electron chi connectivity index (χ3n) is 4.35. The van der Waals surface area contributed by atoms with Gasteiger partial charge in [-0.15, -0.1) is 0 Å². The van der Waals surface area contributed by atoms with Crippen LogP contribution in [0.5, 0.6) is 0 Å². The molecule has 136 valence electrons. The molecule has 1 heterocycles. The molecule has 3 rings (SSSR count). The number of anilines is 1. The van der Waals surface area contributed by atoms with Gasteiger partial charge in [0.25, 0.3) is 0 Å². The van der Waals surface area contributed by atoms with Crippen molar-refractivity contribution in [3.63, 3.8) is 0 Å². The van der Waals surface area contributed by atoms with Crippen LogP contribution in [-0.2, 0) is 14.8 Å². The van der Waals surface area contributed by atoms with Crippen molar-refractivity contribution >= 4 is 42.6 Å². The minimum Gasteiger partial charge on any atom is -0.302 e. The van der Waals surface area contributed by atoms with Gasteiger partial charge in [0.2, 0.25) is 15.9 Å². The maximum atomic E-state index is 12.6. The minimum atomic E-state index is -3.54. The van der Waals surface area contributed by atoms with Crippen LogP contribution in [0.1, 0.15) is 46.0 Å². The first kappa shape index (κ1) is 18.3. The smallest absolute Gasteiger partial charge is 0.240 e. The van der Waals surface area contributed by atoms with Crippen molar-refractivity contribution in [2.75, 3.05) is 5.32 Å². The van der Waals surface area contributed by atoms with E-state index < -0.39 is 10.0 Å². The molecule has 1 aliphatic rings. The zero-order valence-electron chi connectivity index (χ0n) is 14.4. The van der Waals surface area contributed by atoms with Gasteiger partial charge in [0.15, 0.2) is 5.13 Å². The van der Waals surface area contributed by atoms with E-state index in [2.05, 4.69) is 15.0 Å². The first-order valence-corrected chi connectivity index (χ1v) is 10.9. The van der Waals surface area contributed by atoms with Crippen LogP contribution >= 0.6 is 11.3 Å². The third kappa shape index (κ3) is 4.37. The fourth-order valence-electron chi connectivity index (χ4n) is 2.88. The van der Waals surface area contributed by atoms with Crippen LogP contribution in [-0.4, -0.2) is 25.4 Å². The summed E-state index contributed by atoms with van der Waals surface area (Å²) in [5.74, 6) is -0.242. The van der Waals surface area contributed by atoms with E-state index in [1.54, 1.807) is 18.2 Å². The molecule has 1 aromatic carbocycles. The molecular formula is C17H23N3O3S2. The van der Waals surface area contributed by atoms with Crippen LogP contribution in [0.3, 0.4) is 0 Å². The van der Waals surface area contributed by atoms with Crippen molar-refractivity contribution in [1.29, 1.82) is 0 Å². The lowest BCUT2D eigenvalue weighted by molar-refractivity contribution is -0.118. The summed E-state index contributed by atoms with van der Waals surface area (Å²) in [7, 11) is -3.54. The molecule has 1 amide bonds. The van der Waals surface area contributed by atoms with Gasteiger partial charge in [-0.3, -0.25) is 4.79 Å². The predicted octanol–water partition coefficient (Wildman–Crippen LogP) is 3.50. The van der Waals surface area contributed by atoms with Crippen LogP contribution in [0.15, 0.2) is 23.1 Å². The lowest BCUT2D eigenvalue weighted by Gasteiger charge is -2.22. The molecule has 1 saturated carbocycles. The maximum absolute atomic E-state index is 12.6. The molecule has 0 spiro atoms. The number of sulfonamides is 1. The van der Waals surface area contributed by atoms with E-state index in [-0.39, 0.29) is 22.8 Å². The molecule has 6 nitrogen and oxygen atoms in total. The van der Waals surface area contributed by atoms with E-state index in [1.165, 1.54) is 17.8 Å². The molecule has 1 fully saturated rings. The lowest BCUT2D eigenvalue weighted by Crippen LogP contribution is -2.36. The predicted molar refractivity (Wildman–Crippen MR) is 100 cm³/mol. The Morgan fingerprint density at radius 2 is 1.96 bits per heavy atom. The third-order valence-corrected chi connectivity index (χ3v) is 6.80. The van der Waals surface area contributed by atoms with Crippen molar-refractivity contribution in [3.05, 3.63) is 18.2 Å². The van der Waals surface area contributed by atoms with E-state index in [0.717, 1.165) is 30.4 Å². The summed E-state index contributed by atoms with van der Waals surface area (Å²) in [6.07, 6.45) is 5.11. The van der Waals surface area contributed by atoms with Crippen LogP contribution in [0, 0.1) is 5.92 Å². The van der Waals surface area contributed by atoms with E-state index in [1.807, 2.05) is 13.8 Å². The average molecular weight is 382 g/mol. The molecular weight excluding hydrogens is 358 g/mol. The quantitative estimate of drug-likeness (QED) is 0.830. The Hall–Kier alpha value is -1.51. The molecule has 0 saturated heterocycles. The summed E-state index contributed by atoms with van der Waals surface area (Å²) < 4.78 is 28.8. The Morgan fingerprint density at radius 1 is 1.24 bits per heavy atom. The molecule has 25 heavy (non-hydrogen) atoms. The van der Waals surface area contributed by atoms with Crippen molar-refractivity contribution in [1.82, 2.24) is 9.71 Å². The SMILES string of the molecule is CC(C)C(=O)Nc1nc2ccc(S(=O)(=O)NC3CCCCC3)cc2s1. The molecule has 0 unspecified atom stereocenters. The largest absolute Gasteiger partial charge is 0.302 e. The zero-order chi connectivity index (χ0) is 18.0. The van der Waals surface area contributed by atoms with Crippen LogP contribution in [0.2, 0.25) is 0 Å². The number of nitrogens with zero attached hydrogens (tertiary/aromatic N) is 1. The molecule has 8 heteroatoms. The van der Waals surface area contributed by atoms with Crippen LogP contribution < -0.4 is 10.0 Å². The molecule has 0 atom stereocenters. The normalized spacial score (nSPS) is 16.4. The molecule has 1 aliphatic carbocycles. The topological polar surface area (TPSA) is 88.2 Å². The number of aromatic nitrogens is 1. The number of amides is 1. The average Bonchev–Trinajstić information content (AvgIpc) is 2.96. The number of hydrogen-bond donors (Lipinski definition) is 2. The van der Waals surface area contributed by atoms with Crippen molar-refractivity contribution in [3.8, 4) is 0 Å². The lowest BCUT2D eigenvalue weighted by atomic mass is 9.96. The van der Waals surface area contributed by atoms with Gasteiger partial charge in [0, 0.05) is 12.0 Å². The highest BCUT2D eigenvalue weighted by atomic mass is 32.2. The Labute approximate surface area is 152 Å². The highest BCUT2D eigenvalue weighted by Gasteiger charge is 2.22. The summed E-state index contributed by atoms with van der Waals surface area (Å²) >= 11 is 1.28. The highest BCUT2D eigenvalue weighted by Crippen LogP contribution is 2.29. The van der Waals surface area contributed by atoms with Crippen molar-refractivity contribution < 1.29 is 13.2 Å². The molecule has 2 N–H and O–H groups in total. The minimum absolute atomic E-state index is 0.0248. The number of nitrogens with one attached hydrogen (secondary N) is 2. The second-order valence-corrected chi connectivity index (χ2v) is 9.49. The van der Waals surface area contributed by atoms with E-state index in [4.69, 9.17) is 0 Å². The molecule has 2 aromatic rings. The summed E-state index contributed by atoms with van der Waals surface area (Å²) in [5.41, 5.74) is 0.681. The fraction of sp³-hybridized carbons (Fsp3) is 0.529. The molecule has 0 radical (unpaired) electrons. The second kappa shape index (κ2) is 7.39. The van der Waals surface area contributed by atoms with Gasteiger partial charge in [-0.05, 0) is 31.0 Å². The zero-order valence-corrected chi connectivity index (χ0v) is 16.0. The van der Waals surface area contributed by atoms with E-state index >= 15 is 0 Å². The van der Waals surface area contributed by atoms with Gasteiger partial charge in [0.1, 0.15) is 0 Å². The number of hydrogen-bond acceptors (Lipinski definition) is 5. The molecule has 1 aromatic heterocycles. The summed E-state index contributed by atoms with van der Waals surface area (Å²) in [6.45, 7) is 3.62. The summed E-state index contributed by atoms with van der Waals surface area (Å²) in [6, 6.07) is 4.91. The van der Waals surface area contributed by atoms with Crippen molar-refractivity contribution in [2.24, 2.45) is 5.92 Å². The van der Waals surface area contributed by atoms with Gasteiger partial charge in [-0.2, -0.15) is 0 Å². The Kier molecular flexibility index (Phi) is 5.41. The number of carbonyl (C=O) groups excluding carboxylic acids is 1. The first-order valence-electron chi connectivity index (χ1n) is 8.59. The van der Waals surface area contributed by atoms with E-state index in [0.29, 0.717) is 10.6 Å². The van der Waals surface area contributed by atoms with Gasteiger partial charge >= 0.3 is 0 Å². The van der Waals surface area contributed by atoms with Crippen molar-refractivity contribution in [2.45, 2.75) is 56.9 Å². The fourth-order valence-corrected chi connectivity index (χ4v) is 5.20. The maximum Gasteiger partial charge on any atom is 0.240 e. The number of carbonyl (C=O) groups is 1. The number of benzene rings is 1. The van der Waals surface area contributed by atoms with Crippen LogP contribution in [0.4, 0.5) is 5.13 Å². The highest BCUT2D eigenvalue weighted by molar-refractivity contribution is 7.89. The van der Waals surface area contributed by atoms with Crippen LogP contribution in [0.25, 0.3) is 10.2 Å². The van der Waals surface area contributed by atoms with Gasteiger partial charge in [-0.25, -0.2) is 18.1 Å². The number of fused-ring (bicyclic) bond motifs is 1. The van der Waals surface area contributed by atoms with Gasteiger partial charge in [-0.1, -0.05) is 44.4 Å². The Bertz CT molecular complexity index is 868. The Morgan fingerprint density at radius 3 is 2.64 bits per heavy atom. The van der Waals surface area contributed by atoms with Gasteiger partial charge < -0.3 is 5.32 Å².